The maximum absolute atomic E-state index is 5.48. The molecule has 0 aliphatic rings. The summed E-state index contributed by atoms with van der Waals surface area (Å²) >= 11 is 0. The van der Waals surface area contributed by atoms with E-state index in [1.807, 2.05) is 12.1 Å². The predicted octanol–water partition coefficient (Wildman–Crippen LogP) is 1.22. The molecular formula is C10H12N4. The minimum absolute atomic E-state index is 0.457. The van der Waals surface area contributed by atoms with Crippen molar-refractivity contribution in [3.8, 4) is 0 Å². The lowest BCUT2D eigenvalue weighted by Crippen LogP contribution is -2.01. The van der Waals surface area contributed by atoms with Crippen LogP contribution >= 0.6 is 0 Å². The van der Waals surface area contributed by atoms with Gasteiger partial charge in [-0.3, -0.25) is 0 Å². The zero-order chi connectivity index (χ0) is 9.97. The maximum atomic E-state index is 5.48. The fraction of sp³-hybridized carbons (Fsp3) is 0.200. The summed E-state index contributed by atoms with van der Waals surface area (Å²) in [5.41, 5.74) is 7.96. The third-order valence-corrected chi connectivity index (χ3v) is 2.15. The lowest BCUT2D eigenvalue weighted by molar-refractivity contribution is 0.647. The Morgan fingerprint density at radius 1 is 1.36 bits per heavy atom. The number of hydrogen-bond acceptors (Lipinski definition) is 3. The topological polar surface area (TPSA) is 56.7 Å². The maximum Gasteiger partial charge on any atom is 0.165 e. The van der Waals surface area contributed by atoms with E-state index in [-0.39, 0.29) is 0 Å². The van der Waals surface area contributed by atoms with Gasteiger partial charge in [0.1, 0.15) is 0 Å². The average molecular weight is 188 g/mol. The van der Waals surface area contributed by atoms with Crippen LogP contribution in [0.5, 0.6) is 0 Å². The van der Waals surface area contributed by atoms with Crippen molar-refractivity contribution in [3.05, 3.63) is 41.6 Å². The van der Waals surface area contributed by atoms with Gasteiger partial charge in [-0.1, -0.05) is 29.5 Å². The minimum atomic E-state index is 0.457. The van der Waals surface area contributed by atoms with Crippen molar-refractivity contribution in [1.82, 2.24) is 15.0 Å². The highest BCUT2D eigenvalue weighted by Crippen LogP contribution is 2.08. The highest BCUT2D eigenvalue weighted by Gasteiger charge is 2.00. The van der Waals surface area contributed by atoms with E-state index in [9.17, 15) is 0 Å². The number of hydrogen-bond donors (Lipinski definition) is 1. The summed E-state index contributed by atoms with van der Waals surface area (Å²) < 4.78 is 1.73. The summed E-state index contributed by atoms with van der Waals surface area (Å²) in [5, 5.41) is 7.63. The number of nitrogens with two attached hydrogens (primary N) is 1. The molecule has 2 aromatic rings. The molecule has 0 bridgehead atoms. The monoisotopic (exact) mass is 188 g/mol. The SMILES string of the molecule is Cc1ccccc1Cn1cc(N)nn1. The second-order valence-corrected chi connectivity index (χ2v) is 3.27. The van der Waals surface area contributed by atoms with E-state index in [0.717, 1.165) is 6.54 Å². The van der Waals surface area contributed by atoms with Gasteiger partial charge in [-0.25, -0.2) is 4.68 Å². The summed E-state index contributed by atoms with van der Waals surface area (Å²) in [6.45, 7) is 2.80. The van der Waals surface area contributed by atoms with Crippen molar-refractivity contribution in [3.63, 3.8) is 0 Å². The van der Waals surface area contributed by atoms with E-state index >= 15 is 0 Å². The fourth-order valence-electron chi connectivity index (χ4n) is 1.35. The Labute approximate surface area is 82.4 Å². The number of anilines is 1. The predicted molar refractivity (Wildman–Crippen MR) is 54.7 cm³/mol. The molecule has 4 heteroatoms. The van der Waals surface area contributed by atoms with Crippen molar-refractivity contribution >= 4 is 5.82 Å². The van der Waals surface area contributed by atoms with Gasteiger partial charge in [0.2, 0.25) is 0 Å². The molecule has 0 saturated heterocycles. The number of benzene rings is 1. The van der Waals surface area contributed by atoms with Crippen LogP contribution in [0.25, 0.3) is 0 Å². The van der Waals surface area contributed by atoms with Gasteiger partial charge in [0.25, 0.3) is 0 Å². The molecule has 0 unspecified atom stereocenters. The molecule has 0 aliphatic heterocycles. The molecule has 1 heterocycles. The summed E-state index contributed by atoms with van der Waals surface area (Å²) in [5.74, 6) is 0.457. The van der Waals surface area contributed by atoms with Gasteiger partial charge in [0.05, 0.1) is 12.7 Å². The molecule has 72 valence electrons. The van der Waals surface area contributed by atoms with E-state index in [1.165, 1.54) is 11.1 Å². The largest absolute Gasteiger partial charge is 0.381 e. The first-order chi connectivity index (χ1) is 6.75. The van der Waals surface area contributed by atoms with Crippen molar-refractivity contribution in [2.45, 2.75) is 13.5 Å². The summed E-state index contributed by atoms with van der Waals surface area (Å²) in [4.78, 5) is 0. The molecule has 14 heavy (non-hydrogen) atoms. The molecule has 0 spiro atoms. The minimum Gasteiger partial charge on any atom is -0.381 e. The van der Waals surface area contributed by atoms with Crippen LogP contribution in [-0.2, 0) is 6.54 Å². The van der Waals surface area contributed by atoms with Gasteiger partial charge in [-0.05, 0) is 18.1 Å². The van der Waals surface area contributed by atoms with Crippen LogP contribution in [0.2, 0.25) is 0 Å². The Morgan fingerprint density at radius 3 is 2.79 bits per heavy atom. The highest BCUT2D eigenvalue weighted by molar-refractivity contribution is 5.26. The Bertz CT molecular complexity index is 433. The quantitative estimate of drug-likeness (QED) is 0.770. The average Bonchev–Trinajstić information content (AvgIpc) is 2.56. The van der Waals surface area contributed by atoms with Crippen LogP contribution in [0.4, 0.5) is 5.82 Å². The molecule has 1 aromatic carbocycles. The van der Waals surface area contributed by atoms with Crippen LogP contribution in [0.15, 0.2) is 30.5 Å². The molecule has 2 N–H and O–H groups in total. The number of nitrogens with zero attached hydrogens (tertiary/aromatic N) is 3. The Morgan fingerprint density at radius 2 is 2.14 bits per heavy atom. The molecule has 0 amide bonds. The van der Waals surface area contributed by atoms with E-state index in [1.54, 1.807) is 10.9 Å². The van der Waals surface area contributed by atoms with Crippen molar-refractivity contribution < 1.29 is 0 Å². The molecule has 0 aliphatic carbocycles. The van der Waals surface area contributed by atoms with Crippen molar-refractivity contribution in [1.29, 1.82) is 0 Å². The first-order valence-corrected chi connectivity index (χ1v) is 4.46. The third-order valence-electron chi connectivity index (χ3n) is 2.15. The van der Waals surface area contributed by atoms with Gasteiger partial charge in [-0.15, -0.1) is 5.10 Å². The van der Waals surface area contributed by atoms with E-state index in [4.69, 9.17) is 5.73 Å². The van der Waals surface area contributed by atoms with Gasteiger partial charge >= 0.3 is 0 Å². The number of nitrogen functional groups attached to an aromatic ring is 1. The first kappa shape index (κ1) is 8.74. The van der Waals surface area contributed by atoms with Gasteiger partial charge < -0.3 is 5.73 Å². The summed E-state index contributed by atoms with van der Waals surface area (Å²) in [7, 11) is 0. The van der Waals surface area contributed by atoms with Gasteiger partial charge in [-0.2, -0.15) is 0 Å². The second kappa shape index (κ2) is 3.49. The molecule has 0 atom stereocenters. The first-order valence-electron chi connectivity index (χ1n) is 4.46. The lowest BCUT2D eigenvalue weighted by atomic mass is 10.1. The number of aromatic nitrogens is 3. The standard InChI is InChI=1S/C10H12N4/c1-8-4-2-3-5-9(8)6-14-7-10(11)12-13-14/h2-5,7H,6,11H2,1H3. The smallest absolute Gasteiger partial charge is 0.165 e. The van der Waals surface area contributed by atoms with Crippen LogP contribution in [0.3, 0.4) is 0 Å². The summed E-state index contributed by atoms with van der Waals surface area (Å²) in [6.07, 6.45) is 1.73. The lowest BCUT2D eigenvalue weighted by Gasteiger charge is -2.03. The second-order valence-electron chi connectivity index (χ2n) is 3.27. The molecule has 0 fully saturated rings. The van der Waals surface area contributed by atoms with Crippen molar-refractivity contribution in [2.24, 2.45) is 0 Å². The Balaban J connectivity index is 2.23. The zero-order valence-corrected chi connectivity index (χ0v) is 8.01. The van der Waals surface area contributed by atoms with Crippen LogP contribution in [0.1, 0.15) is 11.1 Å². The molecule has 0 radical (unpaired) electrons. The third kappa shape index (κ3) is 1.74. The molecule has 2 rings (SSSR count). The Hall–Kier alpha value is -1.84. The molecule has 0 saturated carbocycles. The van der Waals surface area contributed by atoms with E-state index in [2.05, 4.69) is 29.4 Å². The number of aryl methyl sites for hydroxylation is 1. The number of rotatable bonds is 2. The van der Waals surface area contributed by atoms with Crippen LogP contribution < -0.4 is 5.73 Å². The Kier molecular flexibility index (Phi) is 2.18. The zero-order valence-electron chi connectivity index (χ0n) is 8.01. The van der Waals surface area contributed by atoms with Crippen molar-refractivity contribution in [2.75, 3.05) is 5.73 Å². The fourth-order valence-corrected chi connectivity index (χ4v) is 1.35. The van der Waals surface area contributed by atoms with E-state index in [0.29, 0.717) is 5.82 Å². The normalized spacial score (nSPS) is 10.4. The molecule has 1 aromatic heterocycles. The van der Waals surface area contributed by atoms with Gasteiger partial charge in [0, 0.05) is 0 Å². The summed E-state index contributed by atoms with van der Waals surface area (Å²) in [6, 6.07) is 8.19. The van der Waals surface area contributed by atoms with Gasteiger partial charge in [0.15, 0.2) is 5.82 Å². The molecular weight excluding hydrogens is 176 g/mol. The molecule has 4 nitrogen and oxygen atoms in total. The highest BCUT2D eigenvalue weighted by atomic mass is 15.4. The van der Waals surface area contributed by atoms with Crippen LogP contribution in [0, 0.1) is 6.92 Å². The van der Waals surface area contributed by atoms with E-state index < -0.39 is 0 Å². The van der Waals surface area contributed by atoms with Crippen LogP contribution in [-0.4, -0.2) is 15.0 Å².